The zero-order valence-corrected chi connectivity index (χ0v) is 12.4. The first-order chi connectivity index (χ1) is 8.78. The highest BCUT2D eigenvalue weighted by atomic mass is 32.1. The first kappa shape index (κ1) is 14.0. The summed E-state index contributed by atoms with van der Waals surface area (Å²) in [5.74, 6) is 0. The normalized spacial score (nSPS) is 22.0. The highest BCUT2D eigenvalue weighted by Crippen LogP contribution is 2.12. The molecule has 2 heterocycles. The maximum atomic E-state index is 4.51. The number of aryl methyl sites for hydroxylation is 1. The number of nitrogens with zero attached hydrogens (tertiary/aromatic N) is 2. The van der Waals surface area contributed by atoms with Gasteiger partial charge in [0.05, 0.1) is 5.01 Å². The number of thiazole rings is 1. The second-order valence-corrected chi connectivity index (χ2v) is 6.09. The largest absolute Gasteiger partial charge is 0.314 e. The Balaban J connectivity index is 1.67. The van der Waals surface area contributed by atoms with Gasteiger partial charge in [-0.1, -0.05) is 6.92 Å². The lowest BCUT2D eigenvalue weighted by atomic mass is 10.1. The van der Waals surface area contributed by atoms with Crippen LogP contribution in [-0.2, 0) is 6.42 Å². The summed E-state index contributed by atoms with van der Waals surface area (Å²) in [6, 6.07) is 0.711. The van der Waals surface area contributed by atoms with Crippen LogP contribution in [0.2, 0.25) is 0 Å². The lowest BCUT2D eigenvalue weighted by Crippen LogP contribution is -2.32. The monoisotopic (exact) mass is 267 g/mol. The molecule has 0 spiro atoms. The van der Waals surface area contributed by atoms with Gasteiger partial charge in [-0.2, -0.15) is 0 Å². The average Bonchev–Trinajstić information content (AvgIpc) is 2.65. The molecule has 1 unspecified atom stereocenters. The molecule has 3 nitrogen and oxygen atoms in total. The summed E-state index contributed by atoms with van der Waals surface area (Å²) < 4.78 is 0. The Morgan fingerprint density at radius 3 is 3.06 bits per heavy atom. The fourth-order valence-electron chi connectivity index (χ4n) is 2.58. The number of hydrogen-bond donors (Lipinski definition) is 1. The number of aromatic nitrogens is 1. The van der Waals surface area contributed by atoms with Gasteiger partial charge >= 0.3 is 0 Å². The van der Waals surface area contributed by atoms with Gasteiger partial charge in [0, 0.05) is 30.1 Å². The van der Waals surface area contributed by atoms with Crippen LogP contribution in [0.15, 0.2) is 5.38 Å². The Hall–Kier alpha value is -0.450. The number of likely N-dealkylation sites (tertiary alicyclic amines) is 1. The first-order valence-corrected chi connectivity index (χ1v) is 8.02. The second kappa shape index (κ2) is 7.22. The molecule has 1 saturated heterocycles. The van der Waals surface area contributed by atoms with Gasteiger partial charge in [0.15, 0.2) is 0 Å². The quantitative estimate of drug-likeness (QED) is 0.888. The molecule has 0 amide bonds. The van der Waals surface area contributed by atoms with Crippen LogP contribution in [0.5, 0.6) is 0 Å². The molecule has 2 rings (SSSR count). The zero-order valence-electron chi connectivity index (χ0n) is 11.6. The first-order valence-electron chi connectivity index (χ1n) is 7.14. The Kier molecular flexibility index (Phi) is 5.60. The summed E-state index contributed by atoms with van der Waals surface area (Å²) >= 11 is 1.78. The Morgan fingerprint density at radius 1 is 1.44 bits per heavy atom. The van der Waals surface area contributed by atoms with Crippen molar-refractivity contribution in [2.24, 2.45) is 0 Å². The van der Waals surface area contributed by atoms with Crippen molar-refractivity contribution >= 4 is 11.3 Å². The lowest BCUT2D eigenvalue weighted by Gasteiger charge is -2.18. The topological polar surface area (TPSA) is 28.2 Å². The minimum atomic E-state index is 0.711. The van der Waals surface area contributed by atoms with Crippen LogP contribution in [0.4, 0.5) is 0 Å². The van der Waals surface area contributed by atoms with Gasteiger partial charge in [0.25, 0.3) is 0 Å². The van der Waals surface area contributed by atoms with Gasteiger partial charge in [-0.3, -0.25) is 0 Å². The fourth-order valence-corrected chi connectivity index (χ4v) is 3.35. The van der Waals surface area contributed by atoms with Crippen LogP contribution in [0.3, 0.4) is 0 Å². The molecule has 1 atom stereocenters. The summed E-state index contributed by atoms with van der Waals surface area (Å²) in [6.45, 7) is 9.14. The maximum absolute atomic E-state index is 4.51. The third-order valence-electron chi connectivity index (χ3n) is 3.71. The third-order valence-corrected chi connectivity index (χ3v) is 4.73. The minimum absolute atomic E-state index is 0.711. The molecular weight excluding hydrogens is 242 g/mol. The van der Waals surface area contributed by atoms with E-state index in [9.17, 15) is 0 Å². The predicted octanol–water partition coefficient (Wildman–Crippen LogP) is 2.46. The van der Waals surface area contributed by atoms with E-state index in [4.69, 9.17) is 0 Å². The number of rotatable bonds is 5. The number of nitrogens with one attached hydrogen (secondary N) is 1. The van der Waals surface area contributed by atoms with Crippen LogP contribution in [0.25, 0.3) is 0 Å². The highest BCUT2D eigenvalue weighted by Gasteiger charge is 2.15. The Bertz CT molecular complexity index is 351. The minimum Gasteiger partial charge on any atom is -0.314 e. The molecule has 1 fully saturated rings. The van der Waals surface area contributed by atoms with Gasteiger partial charge in [-0.25, -0.2) is 4.98 Å². The van der Waals surface area contributed by atoms with Crippen molar-refractivity contribution in [1.29, 1.82) is 0 Å². The molecule has 18 heavy (non-hydrogen) atoms. The van der Waals surface area contributed by atoms with Gasteiger partial charge in [0.2, 0.25) is 0 Å². The van der Waals surface area contributed by atoms with Crippen molar-refractivity contribution in [3.63, 3.8) is 0 Å². The number of hydrogen-bond acceptors (Lipinski definition) is 4. The van der Waals surface area contributed by atoms with E-state index >= 15 is 0 Å². The molecule has 1 aliphatic heterocycles. The van der Waals surface area contributed by atoms with Crippen molar-refractivity contribution in [2.75, 3.05) is 26.2 Å². The Labute approximate surface area is 115 Å². The van der Waals surface area contributed by atoms with Crippen LogP contribution >= 0.6 is 11.3 Å². The summed E-state index contributed by atoms with van der Waals surface area (Å²) in [4.78, 5) is 7.07. The molecular formula is C14H25N3S. The molecule has 0 radical (unpaired) electrons. The predicted molar refractivity (Wildman–Crippen MR) is 78.3 cm³/mol. The fraction of sp³-hybridized carbons (Fsp3) is 0.786. The van der Waals surface area contributed by atoms with Crippen LogP contribution in [-0.4, -0.2) is 42.1 Å². The molecule has 0 aromatic carbocycles. The van der Waals surface area contributed by atoms with Gasteiger partial charge in [-0.05, 0) is 45.8 Å². The SMILES string of the molecule is CCN1CCCC(NCCc2nc(C)cs2)CC1. The van der Waals surface area contributed by atoms with Crippen molar-refractivity contribution in [2.45, 2.75) is 45.6 Å². The lowest BCUT2D eigenvalue weighted by molar-refractivity contribution is 0.297. The van der Waals surface area contributed by atoms with Crippen molar-refractivity contribution in [3.8, 4) is 0 Å². The van der Waals surface area contributed by atoms with Gasteiger partial charge in [0.1, 0.15) is 0 Å². The molecule has 1 N–H and O–H groups in total. The highest BCUT2D eigenvalue weighted by molar-refractivity contribution is 7.09. The third kappa shape index (κ3) is 4.34. The molecule has 0 saturated carbocycles. The van der Waals surface area contributed by atoms with E-state index in [-0.39, 0.29) is 0 Å². The summed E-state index contributed by atoms with van der Waals surface area (Å²) in [5, 5.41) is 7.11. The molecule has 1 aliphatic rings. The van der Waals surface area contributed by atoms with E-state index < -0.39 is 0 Å². The van der Waals surface area contributed by atoms with Crippen molar-refractivity contribution in [1.82, 2.24) is 15.2 Å². The van der Waals surface area contributed by atoms with Crippen LogP contribution in [0.1, 0.15) is 36.9 Å². The summed E-state index contributed by atoms with van der Waals surface area (Å²) in [7, 11) is 0. The van der Waals surface area contributed by atoms with E-state index in [0.29, 0.717) is 6.04 Å². The van der Waals surface area contributed by atoms with Crippen LogP contribution in [0, 0.1) is 6.92 Å². The van der Waals surface area contributed by atoms with E-state index in [2.05, 4.69) is 34.4 Å². The molecule has 102 valence electrons. The van der Waals surface area contributed by atoms with E-state index in [1.165, 1.54) is 43.9 Å². The van der Waals surface area contributed by atoms with Crippen molar-refractivity contribution < 1.29 is 0 Å². The van der Waals surface area contributed by atoms with Crippen molar-refractivity contribution in [3.05, 3.63) is 16.1 Å². The smallest absolute Gasteiger partial charge is 0.0940 e. The summed E-state index contributed by atoms with van der Waals surface area (Å²) in [5.41, 5.74) is 1.16. The maximum Gasteiger partial charge on any atom is 0.0940 e. The van der Waals surface area contributed by atoms with Crippen LogP contribution < -0.4 is 5.32 Å². The zero-order chi connectivity index (χ0) is 12.8. The molecule has 0 aliphatic carbocycles. The molecule has 1 aromatic rings. The average molecular weight is 267 g/mol. The van der Waals surface area contributed by atoms with Gasteiger partial charge < -0.3 is 10.2 Å². The van der Waals surface area contributed by atoms with Gasteiger partial charge in [-0.15, -0.1) is 11.3 Å². The summed E-state index contributed by atoms with van der Waals surface area (Å²) in [6.07, 6.45) is 5.03. The Morgan fingerprint density at radius 2 is 2.33 bits per heavy atom. The second-order valence-electron chi connectivity index (χ2n) is 5.15. The molecule has 4 heteroatoms. The van der Waals surface area contributed by atoms with E-state index in [0.717, 1.165) is 18.7 Å². The van der Waals surface area contributed by atoms with E-state index in [1.807, 2.05) is 0 Å². The molecule has 0 bridgehead atoms. The standard InChI is InChI=1S/C14H25N3S/c1-3-17-9-4-5-13(7-10-17)15-8-6-14-16-12(2)11-18-14/h11,13,15H,3-10H2,1-2H3. The van der Waals surface area contributed by atoms with E-state index in [1.54, 1.807) is 11.3 Å². The molecule has 1 aromatic heterocycles.